The van der Waals surface area contributed by atoms with E-state index < -0.39 is 4.92 Å². The highest BCUT2D eigenvalue weighted by Gasteiger charge is 2.18. The van der Waals surface area contributed by atoms with E-state index in [1.807, 2.05) is 19.1 Å². The van der Waals surface area contributed by atoms with E-state index in [2.05, 4.69) is 0 Å². The first-order valence-corrected chi connectivity index (χ1v) is 8.08. The zero-order valence-corrected chi connectivity index (χ0v) is 14.4. The molecule has 0 fully saturated rings. The molecule has 0 bridgehead atoms. The highest BCUT2D eigenvalue weighted by Crippen LogP contribution is 2.32. The van der Waals surface area contributed by atoms with Crippen molar-refractivity contribution < 1.29 is 14.1 Å². The molecule has 0 radical (unpaired) electrons. The molecule has 1 heterocycles. The van der Waals surface area contributed by atoms with Gasteiger partial charge in [-0.15, -0.1) is 0 Å². The lowest BCUT2D eigenvalue weighted by atomic mass is 10.1. The number of nitrogens with zero attached hydrogens (tertiary/aromatic N) is 1. The van der Waals surface area contributed by atoms with Crippen LogP contribution in [0.15, 0.2) is 65.1 Å². The topological polar surface area (TPSA) is 73.3 Å². The molecular weight excluding hydrogens is 330 g/mol. The number of benzene rings is 2. The maximum Gasteiger partial charge on any atom is 0.280 e. The highest BCUT2D eigenvalue weighted by atomic mass is 16.6. The monoisotopic (exact) mass is 347 g/mol. The molecule has 2 aromatic carbocycles. The predicted octanol–water partition coefficient (Wildman–Crippen LogP) is 5.37. The van der Waals surface area contributed by atoms with Crippen LogP contribution in [0, 0.1) is 24.0 Å². The SMILES string of the molecule is Cc1ccc(C(=O)C=Cc2ccc(-c3ccc(C)cc3[N+](=O)[O-])o2)cc1. The molecule has 0 unspecified atom stereocenters. The number of carbonyl (C=O) groups is 1. The molecule has 3 aromatic rings. The van der Waals surface area contributed by atoms with Gasteiger partial charge in [-0.1, -0.05) is 35.9 Å². The molecule has 0 amide bonds. The van der Waals surface area contributed by atoms with Gasteiger partial charge in [0.05, 0.1) is 10.5 Å². The summed E-state index contributed by atoms with van der Waals surface area (Å²) in [7, 11) is 0. The molecule has 26 heavy (non-hydrogen) atoms. The molecule has 130 valence electrons. The van der Waals surface area contributed by atoms with Crippen molar-refractivity contribution in [1.29, 1.82) is 0 Å². The minimum Gasteiger partial charge on any atom is -0.456 e. The average molecular weight is 347 g/mol. The molecule has 5 nitrogen and oxygen atoms in total. The second-order valence-electron chi connectivity index (χ2n) is 6.04. The fourth-order valence-corrected chi connectivity index (χ4v) is 2.56. The number of furan rings is 1. The second-order valence-corrected chi connectivity index (χ2v) is 6.04. The Hall–Kier alpha value is -3.47. The summed E-state index contributed by atoms with van der Waals surface area (Å²) in [4.78, 5) is 23.0. The van der Waals surface area contributed by atoms with Crippen molar-refractivity contribution in [3.05, 3.63) is 93.2 Å². The van der Waals surface area contributed by atoms with Crippen molar-refractivity contribution in [3.63, 3.8) is 0 Å². The minimum atomic E-state index is -0.429. The summed E-state index contributed by atoms with van der Waals surface area (Å²) >= 11 is 0. The second kappa shape index (κ2) is 7.19. The summed E-state index contributed by atoms with van der Waals surface area (Å²) in [6.07, 6.45) is 2.99. The van der Waals surface area contributed by atoms with Crippen LogP contribution in [0.2, 0.25) is 0 Å². The van der Waals surface area contributed by atoms with Gasteiger partial charge in [-0.05, 0) is 49.8 Å². The molecule has 0 aliphatic rings. The Bertz CT molecular complexity index is 997. The maximum atomic E-state index is 12.2. The summed E-state index contributed by atoms with van der Waals surface area (Å²) in [6, 6.07) is 15.6. The summed E-state index contributed by atoms with van der Waals surface area (Å²) in [5.74, 6) is 0.707. The zero-order chi connectivity index (χ0) is 18.7. The summed E-state index contributed by atoms with van der Waals surface area (Å²) < 4.78 is 5.66. The molecule has 0 aliphatic carbocycles. The third-order valence-electron chi connectivity index (χ3n) is 3.98. The highest BCUT2D eigenvalue weighted by molar-refractivity contribution is 6.06. The van der Waals surface area contributed by atoms with E-state index in [1.165, 1.54) is 12.1 Å². The van der Waals surface area contributed by atoms with Gasteiger partial charge in [-0.25, -0.2) is 0 Å². The molecule has 0 atom stereocenters. The molecule has 0 aliphatic heterocycles. The summed E-state index contributed by atoms with van der Waals surface area (Å²) in [6.45, 7) is 3.75. The third-order valence-corrected chi connectivity index (χ3v) is 3.98. The number of carbonyl (C=O) groups excluding carboxylic acids is 1. The number of nitro groups is 1. The zero-order valence-electron chi connectivity index (χ0n) is 14.4. The predicted molar refractivity (Wildman–Crippen MR) is 100 cm³/mol. The Labute approximate surface area is 150 Å². The van der Waals surface area contributed by atoms with Gasteiger partial charge in [-0.3, -0.25) is 14.9 Å². The van der Waals surface area contributed by atoms with Crippen LogP contribution in [0.1, 0.15) is 27.2 Å². The number of nitro benzene ring substituents is 1. The standard InChI is InChI=1S/C21H17NO4/c1-14-3-6-16(7-4-14)20(23)11-8-17-9-12-21(26-17)18-10-5-15(2)13-19(18)22(24)25/h3-13H,1-2H3. The van der Waals surface area contributed by atoms with Crippen molar-refractivity contribution in [3.8, 4) is 11.3 Å². The van der Waals surface area contributed by atoms with Crippen LogP contribution in [0.4, 0.5) is 5.69 Å². The van der Waals surface area contributed by atoms with Crippen molar-refractivity contribution in [2.45, 2.75) is 13.8 Å². The van der Waals surface area contributed by atoms with Gasteiger partial charge in [0.25, 0.3) is 5.69 Å². The first kappa shape index (κ1) is 17.4. The number of rotatable bonds is 5. The summed E-state index contributed by atoms with van der Waals surface area (Å²) in [5, 5.41) is 11.3. The van der Waals surface area contributed by atoms with Crippen molar-refractivity contribution in [1.82, 2.24) is 0 Å². The first-order chi connectivity index (χ1) is 12.4. The van der Waals surface area contributed by atoms with Gasteiger partial charge in [0.15, 0.2) is 5.78 Å². The van der Waals surface area contributed by atoms with Gasteiger partial charge >= 0.3 is 0 Å². The quantitative estimate of drug-likeness (QED) is 0.269. The van der Waals surface area contributed by atoms with Crippen molar-refractivity contribution in [2.75, 3.05) is 0 Å². The molecule has 0 N–H and O–H groups in total. The van der Waals surface area contributed by atoms with Gasteiger partial charge in [-0.2, -0.15) is 0 Å². The van der Waals surface area contributed by atoms with Gasteiger partial charge in [0, 0.05) is 11.6 Å². The normalized spacial score (nSPS) is 11.0. The summed E-state index contributed by atoms with van der Waals surface area (Å²) in [5.41, 5.74) is 2.88. The number of allylic oxidation sites excluding steroid dienone is 1. The molecule has 5 heteroatoms. The van der Waals surface area contributed by atoms with Crippen LogP contribution in [0.3, 0.4) is 0 Å². The smallest absolute Gasteiger partial charge is 0.280 e. The van der Waals surface area contributed by atoms with E-state index in [0.717, 1.165) is 11.1 Å². The molecular formula is C21H17NO4. The maximum absolute atomic E-state index is 12.2. The van der Waals surface area contributed by atoms with Crippen LogP contribution < -0.4 is 0 Å². The van der Waals surface area contributed by atoms with Crippen LogP contribution in [-0.4, -0.2) is 10.7 Å². The lowest BCUT2D eigenvalue weighted by Gasteiger charge is -2.01. The van der Waals surface area contributed by atoms with Gasteiger partial charge in [0.1, 0.15) is 11.5 Å². The van der Waals surface area contributed by atoms with E-state index in [9.17, 15) is 14.9 Å². The largest absolute Gasteiger partial charge is 0.456 e. The first-order valence-electron chi connectivity index (χ1n) is 8.08. The van der Waals surface area contributed by atoms with E-state index in [0.29, 0.717) is 22.6 Å². The van der Waals surface area contributed by atoms with Crippen LogP contribution in [0.5, 0.6) is 0 Å². The number of aryl methyl sites for hydroxylation is 2. The average Bonchev–Trinajstić information content (AvgIpc) is 3.09. The number of hydrogen-bond donors (Lipinski definition) is 0. The minimum absolute atomic E-state index is 0.00869. The van der Waals surface area contributed by atoms with E-state index in [1.54, 1.807) is 49.4 Å². The number of hydrogen-bond acceptors (Lipinski definition) is 4. The Morgan fingerprint density at radius 3 is 2.38 bits per heavy atom. The molecule has 0 saturated carbocycles. The fraction of sp³-hybridized carbons (Fsp3) is 0.0952. The fourth-order valence-electron chi connectivity index (χ4n) is 2.56. The Morgan fingerprint density at radius 2 is 1.69 bits per heavy atom. The lowest BCUT2D eigenvalue weighted by molar-refractivity contribution is -0.384. The van der Waals surface area contributed by atoms with Gasteiger partial charge in [0.2, 0.25) is 0 Å². The Balaban J connectivity index is 1.83. The Morgan fingerprint density at radius 1 is 1.00 bits per heavy atom. The van der Waals surface area contributed by atoms with E-state index in [4.69, 9.17) is 4.42 Å². The molecule has 3 rings (SSSR count). The van der Waals surface area contributed by atoms with Crippen LogP contribution in [0.25, 0.3) is 17.4 Å². The van der Waals surface area contributed by atoms with Crippen molar-refractivity contribution in [2.24, 2.45) is 0 Å². The van der Waals surface area contributed by atoms with Crippen molar-refractivity contribution >= 4 is 17.5 Å². The lowest BCUT2D eigenvalue weighted by Crippen LogP contribution is -1.93. The van der Waals surface area contributed by atoms with E-state index >= 15 is 0 Å². The van der Waals surface area contributed by atoms with Crippen LogP contribution in [-0.2, 0) is 0 Å². The number of ketones is 1. The molecule has 0 saturated heterocycles. The third kappa shape index (κ3) is 3.78. The molecule has 1 aromatic heterocycles. The van der Waals surface area contributed by atoms with E-state index in [-0.39, 0.29) is 11.5 Å². The van der Waals surface area contributed by atoms with Gasteiger partial charge < -0.3 is 4.42 Å². The Kier molecular flexibility index (Phi) is 4.80. The van der Waals surface area contributed by atoms with Crippen LogP contribution >= 0.6 is 0 Å². The molecule has 0 spiro atoms.